The maximum Gasteiger partial charge on any atom is 0.343 e. The number of nitrogens with zero attached hydrogens (tertiary/aromatic N) is 1. The average molecular weight is 300 g/mol. The second-order valence-corrected chi connectivity index (χ2v) is 6.50. The molecule has 6 heteroatoms. The van der Waals surface area contributed by atoms with E-state index in [4.69, 9.17) is 4.74 Å². The predicted octanol–water partition coefficient (Wildman–Crippen LogP) is 3.32. The van der Waals surface area contributed by atoms with Crippen molar-refractivity contribution in [2.24, 2.45) is 0 Å². The monoisotopic (exact) mass is 300 g/mol. The number of rotatable bonds is 5. The molecule has 0 spiro atoms. The first-order valence-electron chi connectivity index (χ1n) is 6.60. The van der Waals surface area contributed by atoms with E-state index in [9.17, 15) is 4.79 Å². The van der Waals surface area contributed by atoms with Crippen LogP contribution in [0.4, 0.5) is 5.00 Å². The minimum atomic E-state index is -0.269. The lowest BCUT2D eigenvalue weighted by Gasteiger charge is -2.19. The lowest BCUT2D eigenvalue weighted by atomic mass is 10.2. The van der Waals surface area contributed by atoms with Gasteiger partial charge in [0.05, 0.1) is 12.3 Å². The number of thioether (sulfide) groups is 1. The molecule has 0 aromatic carbocycles. The minimum Gasteiger partial charge on any atom is -0.462 e. The number of hydrogen-bond donors (Lipinski definition) is 1. The zero-order valence-electron chi connectivity index (χ0n) is 11.6. The van der Waals surface area contributed by atoms with Gasteiger partial charge in [0.15, 0.2) is 0 Å². The van der Waals surface area contributed by atoms with Gasteiger partial charge in [-0.1, -0.05) is 6.42 Å². The maximum absolute atomic E-state index is 12.0. The van der Waals surface area contributed by atoms with Gasteiger partial charge >= 0.3 is 5.97 Å². The van der Waals surface area contributed by atoms with Crippen LogP contribution in [0, 0.1) is 6.92 Å². The van der Waals surface area contributed by atoms with Crippen LogP contribution in [-0.2, 0) is 4.74 Å². The summed E-state index contributed by atoms with van der Waals surface area (Å²) >= 11 is 3.26. The summed E-state index contributed by atoms with van der Waals surface area (Å²) in [5.41, 5.74) is 1.36. The van der Waals surface area contributed by atoms with Crippen molar-refractivity contribution < 1.29 is 9.53 Å². The van der Waals surface area contributed by atoms with Gasteiger partial charge in [0.2, 0.25) is 0 Å². The lowest BCUT2D eigenvalue weighted by molar-refractivity contribution is 0.0527. The third-order valence-corrected chi connectivity index (χ3v) is 5.45. The molecular weight excluding hydrogens is 280 g/mol. The maximum atomic E-state index is 12.0. The summed E-state index contributed by atoms with van der Waals surface area (Å²) in [7, 11) is 0. The van der Waals surface area contributed by atoms with E-state index in [1.165, 1.54) is 24.4 Å². The molecule has 106 valence electrons. The molecule has 1 aliphatic rings. The molecule has 1 aromatic heterocycles. The second kappa shape index (κ2) is 6.61. The number of ether oxygens (including phenoxy) is 1. The van der Waals surface area contributed by atoms with Gasteiger partial charge in [0.25, 0.3) is 0 Å². The molecule has 0 aliphatic heterocycles. The molecule has 0 radical (unpaired) electrons. The summed E-state index contributed by atoms with van der Waals surface area (Å²) in [6.07, 6.45) is 5.79. The van der Waals surface area contributed by atoms with E-state index in [0.717, 1.165) is 17.1 Å². The standard InChI is InChI=1S/C13H20N2O2S2/c1-4-17-13(16)11-8(2)15-19-12(11)14-9-6-5-7-10(9)18-3/h9-10,14H,4-7H2,1-3H3. The zero-order chi connectivity index (χ0) is 13.8. The van der Waals surface area contributed by atoms with Crippen molar-refractivity contribution in [2.45, 2.75) is 44.4 Å². The van der Waals surface area contributed by atoms with Gasteiger partial charge < -0.3 is 10.1 Å². The lowest BCUT2D eigenvalue weighted by Crippen LogP contribution is -2.26. The first-order valence-corrected chi connectivity index (χ1v) is 8.66. The zero-order valence-corrected chi connectivity index (χ0v) is 13.2. The highest BCUT2D eigenvalue weighted by Gasteiger charge is 2.29. The van der Waals surface area contributed by atoms with E-state index in [1.807, 2.05) is 25.6 Å². The van der Waals surface area contributed by atoms with Crippen molar-refractivity contribution in [1.82, 2.24) is 4.37 Å². The van der Waals surface area contributed by atoms with Crippen LogP contribution < -0.4 is 5.32 Å². The number of anilines is 1. The van der Waals surface area contributed by atoms with Crippen LogP contribution in [-0.4, -0.2) is 34.5 Å². The summed E-state index contributed by atoms with van der Waals surface area (Å²) in [5, 5.41) is 4.99. The Kier molecular flexibility index (Phi) is 5.10. The van der Waals surface area contributed by atoms with E-state index in [2.05, 4.69) is 15.9 Å². The van der Waals surface area contributed by atoms with Crippen LogP contribution in [0.3, 0.4) is 0 Å². The quantitative estimate of drug-likeness (QED) is 0.845. The summed E-state index contributed by atoms with van der Waals surface area (Å²) in [4.78, 5) is 12.0. The molecule has 0 amide bonds. The Morgan fingerprint density at radius 1 is 1.58 bits per heavy atom. The molecule has 1 heterocycles. The van der Waals surface area contributed by atoms with Crippen molar-refractivity contribution in [1.29, 1.82) is 0 Å². The van der Waals surface area contributed by atoms with Crippen molar-refractivity contribution in [2.75, 3.05) is 18.2 Å². The van der Waals surface area contributed by atoms with E-state index in [0.29, 0.717) is 23.5 Å². The molecule has 1 aliphatic carbocycles. The van der Waals surface area contributed by atoms with Crippen molar-refractivity contribution in [3.63, 3.8) is 0 Å². The Labute approximate surface area is 122 Å². The van der Waals surface area contributed by atoms with Gasteiger partial charge in [-0.15, -0.1) is 0 Å². The number of carbonyl (C=O) groups is 1. The van der Waals surface area contributed by atoms with Crippen LogP contribution >= 0.6 is 23.3 Å². The third-order valence-electron chi connectivity index (χ3n) is 3.41. The Morgan fingerprint density at radius 2 is 2.37 bits per heavy atom. The van der Waals surface area contributed by atoms with Crippen molar-refractivity contribution >= 4 is 34.3 Å². The Balaban J connectivity index is 2.14. The fourth-order valence-corrected chi connectivity index (χ4v) is 4.23. The highest BCUT2D eigenvalue weighted by molar-refractivity contribution is 7.99. The molecule has 1 N–H and O–H groups in total. The summed E-state index contributed by atoms with van der Waals surface area (Å²) in [5.74, 6) is -0.269. The molecule has 19 heavy (non-hydrogen) atoms. The molecule has 2 rings (SSSR count). The van der Waals surface area contributed by atoms with Gasteiger partial charge in [-0.3, -0.25) is 0 Å². The predicted molar refractivity (Wildman–Crippen MR) is 81.4 cm³/mol. The van der Waals surface area contributed by atoms with Crippen LogP contribution in [0.25, 0.3) is 0 Å². The number of aryl methyl sites for hydroxylation is 1. The van der Waals surface area contributed by atoms with Crippen LogP contribution in [0.2, 0.25) is 0 Å². The molecule has 1 fully saturated rings. The third kappa shape index (κ3) is 3.23. The van der Waals surface area contributed by atoms with Crippen LogP contribution in [0.5, 0.6) is 0 Å². The molecule has 2 unspecified atom stereocenters. The van der Waals surface area contributed by atoms with Crippen molar-refractivity contribution in [3.05, 3.63) is 11.3 Å². The van der Waals surface area contributed by atoms with E-state index in [1.54, 1.807) is 0 Å². The van der Waals surface area contributed by atoms with E-state index < -0.39 is 0 Å². The first-order chi connectivity index (χ1) is 9.17. The largest absolute Gasteiger partial charge is 0.462 e. The first kappa shape index (κ1) is 14.7. The topological polar surface area (TPSA) is 51.2 Å². The van der Waals surface area contributed by atoms with E-state index in [-0.39, 0.29) is 5.97 Å². The summed E-state index contributed by atoms with van der Waals surface area (Å²) < 4.78 is 9.39. The number of nitrogens with one attached hydrogen (secondary N) is 1. The van der Waals surface area contributed by atoms with Gasteiger partial charge in [-0.2, -0.15) is 16.1 Å². The number of aromatic nitrogens is 1. The van der Waals surface area contributed by atoms with Gasteiger partial charge in [-0.25, -0.2) is 4.79 Å². The minimum absolute atomic E-state index is 0.269. The van der Waals surface area contributed by atoms with Crippen LogP contribution in [0.15, 0.2) is 0 Å². The normalized spacial score (nSPS) is 22.5. The smallest absolute Gasteiger partial charge is 0.343 e. The number of carbonyl (C=O) groups excluding carboxylic acids is 1. The summed E-state index contributed by atoms with van der Waals surface area (Å²) in [6.45, 7) is 4.07. The van der Waals surface area contributed by atoms with Gasteiger partial charge in [0.1, 0.15) is 10.6 Å². The Morgan fingerprint density at radius 3 is 3.05 bits per heavy atom. The SMILES string of the molecule is CCOC(=O)c1c(C)nsc1NC1CCCC1SC. The van der Waals surface area contributed by atoms with Crippen LogP contribution in [0.1, 0.15) is 42.2 Å². The van der Waals surface area contributed by atoms with E-state index >= 15 is 0 Å². The molecular formula is C13H20N2O2S2. The molecule has 0 saturated heterocycles. The Hall–Kier alpha value is -0.750. The highest BCUT2D eigenvalue weighted by atomic mass is 32.2. The molecule has 1 saturated carbocycles. The molecule has 1 aromatic rings. The second-order valence-electron chi connectivity index (χ2n) is 4.65. The van der Waals surface area contributed by atoms with Gasteiger partial charge in [0, 0.05) is 11.3 Å². The molecule has 0 bridgehead atoms. The summed E-state index contributed by atoms with van der Waals surface area (Å²) in [6, 6.07) is 0.433. The average Bonchev–Trinajstić information content (AvgIpc) is 2.97. The Bertz CT molecular complexity index is 448. The number of esters is 1. The fourth-order valence-electron chi connectivity index (χ4n) is 2.45. The number of hydrogen-bond acceptors (Lipinski definition) is 6. The highest BCUT2D eigenvalue weighted by Crippen LogP contribution is 2.34. The fraction of sp³-hybridized carbons (Fsp3) is 0.692. The van der Waals surface area contributed by atoms with Gasteiger partial charge in [-0.05, 0) is 44.5 Å². The molecule has 2 atom stereocenters. The molecule has 4 nitrogen and oxygen atoms in total. The van der Waals surface area contributed by atoms with Crippen molar-refractivity contribution in [3.8, 4) is 0 Å².